The fraction of sp³-hybridized carbons (Fsp3) is 0.258. The zero-order valence-electron chi connectivity index (χ0n) is 21.3. The minimum Gasteiger partial charge on any atom is -0.316 e. The molecule has 0 bridgehead atoms. The number of hydrogen-bond donors (Lipinski definition) is 1. The van der Waals surface area contributed by atoms with E-state index in [2.05, 4.69) is 44.3 Å². The Hall–Kier alpha value is -2.92. The van der Waals surface area contributed by atoms with Crippen LogP contribution in [0.3, 0.4) is 0 Å². The predicted octanol–water partition coefficient (Wildman–Crippen LogP) is 8.18. The van der Waals surface area contributed by atoms with Gasteiger partial charge in [0.1, 0.15) is 5.82 Å². The highest BCUT2D eigenvalue weighted by Gasteiger charge is 2.28. The minimum atomic E-state index is -0.286. The van der Waals surface area contributed by atoms with Gasteiger partial charge in [0.15, 0.2) is 5.43 Å². The van der Waals surface area contributed by atoms with Crippen LogP contribution in [0.15, 0.2) is 71.7 Å². The summed E-state index contributed by atoms with van der Waals surface area (Å²) in [4.78, 5) is 13.4. The Kier molecular flexibility index (Phi) is 6.78. The highest BCUT2D eigenvalue weighted by atomic mass is 35.5. The first-order valence-corrected chi connectivity index (χ1v) is 13.1. The second-order valence-corrected chi connectivity index (χ2v) is 11.6. The lowest BCUT2D eigenvalue weighted by molar-refractivity contribution is 0.274. The van der Waals surface area contributed by atoms with E-state index in [1.807, 2.05) is 11.3 Å². The van der Waals surface area contributed by atoms with Crippen molar-refractivity contribution in [2.45, 2.75) is 40.2 Å². The molecule has 190 valence electrons. The van der Waals surface area contributed by atoms with Crippen LogP contribution in [-0.4, -0.2) is 17.0 Å². The molecular formula is C31H29Cl2FN2O. The molecule has 0 aliphatic carbocycles. The fourth-order valence-corrected chi connectivity index (χ4v) is 5.74. The molecule has 3 heterocycles. The second-order valence-electron chi connectivity index (χ2n) is 10.8. The van der Waals surface area contributed by atoms with Gasteiger partial charge < -0.3 is 9.72 Å². The van der Waals surface area contributed by atoms with E-state index >= 15 is 0 Å². The van der Waals surface area contributed by atoms with Crippen LogP contribution in [0, 0.1) is 18.2 Å². The number of nitrogens with one attached hydrogen (secondary N) is 1. The van der Waals surface area contributed by atoms with E-state index in [-0.39, 0.29) is 16.7 Å². The van der Waals surface area contributed by atoms with Gasteiger partial charge in [0, 0.05) is 36.0 Å². The zero-order valence-corrected chi connectivity index (χ0v) is 22.8. The maximum Gasteiger partial charge on any atom is 0.190 e. The lowest BCUT2D eigenvalue weighted by atomic mass is 9.80. The zero-order chi connectivity index (χ0) is 26.5. The lowest BCUT2D eigenvalue weighted by Gasteiger charge is -2.35. The standard InChI is InChI=1S/C31H29Cl2FN2O/c1-18-14-21(34)8-9-22(18)25-15-20(19-10-12-35-28(17-19)31(2,3)4)16-26-30(27(37)11-13-36(25)26)29-23(32)6-5-7-24(29)33/h5-11,13-16,28,35H,12,17H2,1-4H3. The molecular weight excluding hydrogens is 506 g/mol. The number of rotatable bonds is 3. The van der Waals surface area contributed by atoms with Crippen molar-refractivity contribution < 1.29 is 4.39 Å². The Labute approximate surface area is 226 Å². The molecule has 0 saturated heterocycles. The minimum absolute atomic E-state index is 0.0833. The molecule has 0 amide bonds. The Morgan fingerprint density at radius 3 is 2.41 bits per heavy atom. The molecule has 0 radical (unpaired) electrons. The molecule has 1 atom stereocenters. The number of nitrogens with zero attached hydrogens (tertiary/aromatic N) is 1. The summed E-state index contributed by atoms with van der Waals surface area (Å²) in [7, 11) is 0. The first kappa shape index (κ1) is 25.7. The van der Waals surface area contributed by atoms with Crippen LogP contribution in [0.4, 0.5) is 4.39 Å². The summed E-state index contributed by atoms with van der Waals surface area (Å²) in [5.41, 5.74) is 6.35. The van der Waals surface area contributed by atoms with Crippen LogP contribution in [0.25, 0.3) is 33.5 Å². The molecule has 2 aromatic heterocycles. The van der Waals surface area contributed by atoms with Crippen LogP contribution in [0.5, 0.6) is 0 Å². The summed E-state index contributed by atoms with van der Waals surface area (Å²) >= 11 is 13.2. The van der Waals surface area contributed by atoms with E-state index in [9.17, 15) is 9.18 Å². The summed E-state index contributed by atoms with van der Waals surface area (Å²) in [5, 5.41) is 4.44. The number of aryl methyl sites for hydroxylation is 1. The first-order valence-electron chi connectivity index (χ1n) is 12.4. The summed E-state index contributed by atoms with van der Waals surface area (Å²) in [6.45, 7) is 9.36. The molecule has 1 N–H and O–H groups in total. The molecule has 1 aliphatic heterocycles. The molecule has 4 aromatic rings. The quantitative estimate of drug-likeness (QED) is 0.287. The van der Waals surface area contributed by atoms with Gasteiger partial charge in [0.05, 0.1) is 26.8 Å². The van der Waals surface area contributed by atoms with E-state index in [1.54, 1.807) is 30.5 Å². The normalized spacial score (nSPS) is 16.2. The van der Waals surface area contributed by atoms with Crippen LogP contribution >= 0.6 is 23.2 Å². The maximum atomic E-state index is 14.0. The van der Waals surface area contributed by atoms with E-state index in [0.29, 0.717) is 32.7 Å². The molecule has 0 saturated carbocycles. The average molecular weight is 535 g/mol. The summed E-state index contributed by atoms with van der Waals surface area (Å²) in [5.74, 6) is -0.286. The topological polar surface area (TPSA) is 33.5 Å². The number of pyridine rings is 2. The highest BCUT2D eigenvalue weighted by molar-refractivity contribution is 6.39. The number of aromatic nitrogens is 1. The van der Waals surface area contributed by atoms with Crippen LogP contribution in [-0.2, 0) is 0 Å². The van der Waals surface area contributed by atoms with Crippen LogP contribution in [0.1, 0.15) is 38.3 Å². The van der Waals surface area contributed by atoms with Gasteiger partial charge in [-0.15, -0.1) is 0 Å². The monoisotopic (exact) mass is 534 g/mol. The van der Waals surface area contributed by atoms with E-state index < -0.39 is 0 Å². The third-order valence-electron chi connectivity index (χ3n) is 7.21. The molecule has 1 unspecified atom stereocenters. The Bertz CT molecular complexity index is 1590. The second kappa shape index (κ2) is 9.75. The van der Waals surface area contributed by atoms with Gasteiger partial charge >= 0.3 is 0 Å². The Morgan fingerprint density at radius 2 is 1.73 bits per heavy atom. The third-order valence-corrected chi connectivity index (χ3v) is 7.84. The molecule has 0 fully saturated rings. The molecule has 3 nitrogen and oxygen atoms in total. The fourth-order valence-electron chi connectivity index (χ4n) is 5.15. The molecule has 6 heteroatoms. The maximum absolute atomic E-state index is 14.0. The van der Waals surface area contributed by atoms with Gasteiger partial charge in [0.25, 0.3) is 0 Å². The van der Waals surface area contributed by atoms with Gasteiger partial charge in [-0.3, -0.25) is 4.79 Å². The lowest BCUT2D eigenvalue weighted by Crippen LogP contribution is -2.42. The van der Waals surface area contributed by atoms with Crippen LogP contribution < -0.4 is 10.7 Å². The van der Waals surface area contributed by atoms with E-state index in [4.69, 9.17) is 23.2 Å². The number of benzene rings is 2. The third kappa shape index (κ3) is 4.86. The SMILES string of the molecule is Cc1cc(F)ccc1-c1cc(C2=CCNC(C(C)(C)C)C2)cc2c(-c3c(Cl)cccc3Cl)c(=O)ccn12. The Balaban J connectivity index is 1.85. The van der Waals surface area contributed by atoms with Gasteiger partial charge in [-0.2, -0.15) is 0 Å². The average Bonchev–Trinajstić information content (AvgIpc) is 2.84. The smallest absolute Gasteiger partial charge is 0.190 e. The summed E-state index contributed by atoms with van der Waals surface area (Å²) in [6, 6.07) is 16.0. The number of fused-ring (bicyclic) bond motifs is 1. The predicted molar refractivity (Wildman–Crippen MR) is 153 cm³/mol. The van der Waals surface area contributed by atoms with Crippen molar-refractivity contribution in [2.75, 3.05) is 6.54 Å². The Morgan fingerprint density at radius 1 is 1.00 bits per heavy atom. The number of hydrogen-bond acceptors (Lipinski definition) is 2. The van der Waals surface area contributed by atoms with E-state index in [1.165, 1.54) is 23.8 Å². The van der Waals surface area contributed by atoms with Crippen molar-refractivity contribution in [3.05, 3.63) is 104 Å². The van der Waals surface area contributed by atoms with Crippen molar-refractivity contribution in [1.29, 1.82) is 0 Å². The van der Waals surface area contributed by atoms with Gasteiger partial charge in [-0.05, 0) is 77.9 Å². The largest absolute Gasteiger partial charge is 0.316 e. The van der Waals surface area contributed by atoms with Crippen molar-refractivity contribution >= 4 is 34.3 Å². The van der Waals surface area contributed by atoms with Crippen molar-refractivity contribution in [3.8, 4) is 22.4 Å². The first-order chi connectivity index (χ1) is 17.5. The van der Waals surface area contributed by atoms with Gasteiger partial charge in [-0.1, -0.05) is 56.1 Å². The summed E-state index contributed by atoms with van der Waals surface area (Å²) in [6.07, 6.45) is 4.82. The van der Waals surface area contributed by atoms with Gasteiger partial charge in [0.2, 0.25) is 0 Å². The van der Waals surface area contributed by atoms with E-state index in [0.717, 1.165) is 35.3 Å². The van der Waals surface area contributed by atoms with Crippen molar-refractivity contribution in [1.82, 2.24) is 9.72 Å². The molecule has 5 rings (SSSR count). The van der Waals surface area contributed by atoms with Crippen LogP contribution in [0.2, 0.25) is 10.0 Å². The number of halogens is 3. The van der Waals surface area contributed by atoms with Crippen molar-refractivity contribution in [3.63, 3.8) is 0 Å². The molecule has 37 heavy (non-hydrogen) atoms. The summed E-state index contributed by atoms with van der Waals surface area (Å²) < 4.78 is 16.0. The molecule has 2 aromatic carbocycles. The highest BCUT2D eigenvalue weighted by Crippen LogP contribution is 2.39. The molecule has 1 aliphatic rings. The van der Waals surface area contributed by atoms with Crippen molar-refractivity contribution in [2.24, 2.45) is 5.41 Å². The van der Waals surface area contributed by atoms with Gasteiger partial charge in [-0.25, -0.2) is 4.39 Å². The molecule has 0 spiro atoms.